The van der Waals surface area contributed by atoms with Gasteiger partial charge in [-0.1, -0.05) is 11.8 Å². The van der Waals surface area contributed by atoms with Gasteiger partial charge >= 0.3 is 0 Å². The zero-order chi connectivity index (χ0) is 16.4. The largest absolute Gasteiger partial charge is 0.379 e. The number of thioether (sulfide) groups is 1. The smallest absolute Gasteiger partial charge is 0.177 e. The van der Waals surface area contributed by atoms with Crippen LogP contribution in [-0.4, -0.2) is 21.7 Å². The molecule has 0 saturated heterocycles. The van der Waals surface area contributed by atoms with E-state index >= 15 is 0 Å². The topological polar surface area (TPSA) is 68.3 Å². The van der Waals surface area contributed by atoms with E-state index < -0.39 is 0 Å². The monoisotopic (exact) mass is 409 g/mol. The van der Waals surface area contributed by atoms with E-state index in [0.717, 1.165) is 32.0 Å². The van der Waals surface area contributed by atoms with Crippen molar-refractivity contribution in [2.24, 2.45) is 10.7 Å². The molecule has 3 rings (SSSR count). The predicted octanol–water partition coefficient (Wildman–Crippen LogP) is 4.00. The van der Waals surface area contributed by atoms with Crippen LogP contribution in [0.2, 0.25) is 0 Å². The van der Waals surface area contributed by atoms with Crippen molar-refractivity contribution in [1.29, 1.82) is 0 Å². The lowest BCUT2D eigenvalue weighted by Gasteiger charge is -2.29. The molecule has 3 heterocycles. The van der Waals surface area contributed by atoms with Crippen molar-refractivity contribution in [3.05, 3.63) is 50.4 Å². The molecule has 0 aliphatic carbocycles. The van der Waals surface area contributed by atoms with Gasteiger partial charge in [-0.2, -0.15) is 0 Å². The van der Waals surface area contributed by atoms with Gasteiger partial charge in [0.25, 0.3) is 0 Å². The molecular formula is C16H16BrN3OS2. The van der Waals surface area contributed by atoms with E-state index in [4.69, 9.17) is 5.73 Å². The third-order valence-corrected chi connectivity index (χ3v) is 6.29. The van der Waals surface area contributed by atoms with Crippen LogP contribution in [-0.2, 0) is 12.0 Å². The maximum Gasteiger partial charge on any atom is 0.177 e. The zero-order valence-electron chi connectivity index (χ0n) is 12.6. The summed E-state index contributed by atoms with van der Waals surface area (Å²) < 4.78 is 0.963. The van der Waals surface area contributed by atoms with E-state index in [-0.39, 0.29) is 11.3 Å². The van der Waals surface area contributed by atoms with Crippen molar-refractivity contribution in [2.45, 2.75) is 25.3 Å². The Balaban J connectivity index is 1.83. The fourth-order valence-corrected chi connectivity index (χ4v) is 4.81. The van der Waals surface area contributed by atoms with Crippen molar-refractivity contribution in [1.82, 2.24) is 4.98 Å². The number of nitrogens with two attached hydrogens (primary N) is 1. The normalized spacial score (nSPS) is 21.0. The van der Waals surface area contributed by atoms with Crippen LogP contribution in [0.5, 0.6) is 0 Å². The third-order valence-electron chi connectivity index (χ3n) is 3.83. The molecule has 0 aromatic carbocycles. The van der Waals surface area contributed by atoms with E-state index in [1.165, 1.54) is 11.3 Å². The average Bonchev–Trinajstić information content (AvgIpc) is 2.94. The number of rotatable bonds is 4. The van der Waals surface area contributed by atoms with Gasteiger partial charge in [-0.05, 0) is 58.6 Å². The lowest BCUT2D eigenvalue weighted by molar-refractivity contribution is 0.0996. The number of Topliss-reactive ketones (excluding diaryl/α,β-unsaturated/α-hetero) is 1. The quantitative estimate of drug-likeness (QED) is 0.774. The fourth-order valence-electron chi connectivity index (χ4n) is 2.51. The van der Waals surface area contributed by atoms with Crippen molar-refractivity contribution >= 4 is 50.0 Å². The maximum atomic E-state index is 12.4. The van der Waals surface area contributed by atoms with Gasteiger partial charge in [-0.25, -0.2) is 0 Å². The van der Waals surface area contributed by atoms with Crippen LogP contribution >= 0.6 is 39.0 Å². The van der Waals surface area contributed by atoms with Gasteiger partial charge in [-0.3, -0.25) is 14.8 Å². The van der Waals surface area contributed by atoms with E-state index in [0.29, 0.717) is 11.6 Å². The summed E-state index contributed by atoms with van der Waals surface area (Å²) in [5.41, 5.74) is 7.45. The Bertz CT molecular complexity index is 774. The molecule has 2 N–H and O–H groups in total. The molecule has 0 bridgehead atoms. The van der Waals surface area contributed by atoms with Crippen LogP contribution in [0.1, 0.15) is 34.1 Å². The predicted molar refractivity (Wildman–Crippen MR) is 100 cm³/mol. The van der Waals surface area contributed by atoms with Crippen molar-refractivity contribution in [2.75, 3.05) is 5.75 Å². The molecule has 0 fully saturated rings. The molecule has 4 nitrogen and oxygen atoms in total. The lowest BCUT2D eigenvalue weighted by atomic mass is 9.90. The van der Waals surface area contributed by atoms with Crippen LogP contribution in [0, 0.1) is 0 Å². The fraction of sp³-hybridized carbons (Fsp3) is 0.312. The van der Waals surface area contributed by atoms with Crippen LogP contribution in [0.15, 0.2) is 39.4 Å². The minimum Gasteiger partial charge on any atom is -0.379 e. The highest BCUT2D eigenvalue weighted by Crippen LogP contribution is 2.35. The number of carbonyl (C=O) groups is 1. The lowest BCUT2D eigenvalue weighted by Crippen LogP contribution is -2.29. The molecule has 1 aliphatic heterocycles. The van der Waals surface area contributed by atoms with Gasteiger partial charge in [0.15, 0.2) is 11.0 Å². The average molecular weight is 410 g/mol. The molecular weight excluding hydrogens is 394 g/mol. The van der Waals surface area contributed by atoms with Crippen molar-refractivity contribution < 1.29 is 4.79 Å². The molecule has 0 saturated carbocycles. The number of aliphatic imine (C=N–C) groups is 1. The Morgan fingerprint density at radius 3 is 2.96 bits per heavy atom. The summed E-state index contributed by atoms with van der Waals surface area (Å²) in [4.78, 5) is 22.0. The number of hydrogen-bond donors (Lipinski definition) is 1. The number of amidine groups is 1. The summed E-state index contributed by atoms with van der Waals surface area (Å²) in [5, 5.41) is 0.615. The molecule has 0 amide bonds. The zero-order valence-corrected chi connectivity index (χ0v) is 15.8. The second-order valence-corrected chi connectivity index (χ2v) is 9.19. The Morgan fingerprint density at radius 1 is 1.43 bits per heavy atom. The van der Waals surface area contributed by atoms with Crippen molar-refractivity contribution in [3.8, 4) is 0 Å². The first-order chi connectivity index (χ1) is 11.0. The molecule has 2 aromatic heterocycles. The summed E-state index contributed by atoms with van der Waals surface area (Å²) in [7, 11) is 0. The van der Waals surface area contributed by atoms with Gasteiger partial charge in [0.05, 0.1) is 14.2 Å². The number of hydrogen-bond acceptors (Lipinski definition) is 6. The number of ketones is 1. The summed E-state index contributed by atoms with van der Waals surface area (Å²) in [6.07, 6.45) is 4.83. The van der Waals surface area contributed by atoms with Crippen molar-refractivity contribution in [3.63, 3.8) is 0 Å². The summed E-state index contributed by atoms with van der Waals surface area (Å²) in [6.45, 7) is 2.07. The second kappa shape index (κ2) is 6.75. The highest BCUT2D eigenvalue weighted by Gasteiger charge is 2.30. The number of pyridine rings is 1. The van der Waals surface area contributed by atoms with E-state index in [1.54, 1.807) is 18.0 Å². The number of thiophene rings is 1. The number of halogens is 1. The SMILES string of the molecule is C[C@@]1(c2cncc(CC(=O)c3ccc(Br)s3)c2)CCSC(N)=N1. The molecule has 120 valence electrons. The molecule has 2 aromatic rings. The summed E-state index contributed by atoms with van der Waals surface area (Å²) in [5.74, 6) is 1.05. The van der Waals surface area contributed by atoms with Gasteiger partial charge in [-0.15, -0.1) is 11.3 Å². The van der Waals surface area contributed by atoms with E-state index in [9.17, 15) is 4.79 Å². The number of nitrogens with zero attached hydrogens (tertiary/aromatic N) is 2. The molecule has 0 radical (unpaired) electrons. The Kier molecular flexibility index (Phi) is 4.89. The molecule has 0 unspecified atom stereocenters. The second-order valence-electron chi connectivity index (χ2n) is 5.61. The van der Waals surface area contributed by atoms with E-state index in [2.05, 4.69) is 32.8 Å². The van der Waals surface area contributed by atoms with Gasteiger partial charge in [0.2, 0.25) is 0 Å². The standard InChI is InChI=1S/C16H16BrN3OS2/c1-16(4-5-22-15(18)20-16)11-6-10(8-19-9-11)7-12(21)13-2-3-14(17)23-13/h2-3,6,8-9H,4-5,7H2,1H3,(H2,18,20)/t16-/m0/s1. The van der Waals surface area contributed by atoms with Crippen LogP contribution in [0.25, 0.3) is 0 Å². The first-order valence-electron chi connectivity index (χ1n) is 7.17. The van der Waals surface area contributed by atoms with Gasteiger partial charge in [0, 0.05) is 24.6 Å². The maximum absolute atomic E-state index is 12.4. The molecule has 23 heavy (non-hydrogen) atoms. The first kappa shape index (κ1) is 16.7. The summed E-state index contributed by atoms with van der Waals surface area (Å²) >= 11 is 6.42. The summed E-state index contributed by atoms with van der Waals surface area (Å²) in [6, 6.07) is 5.77. The molecule has 1 atom stereocenters. The Morgan fingerprint density at radius 2 is 2.26 bits per heavy atom. The van der Waals surface area contributed by atoms with E-state index in [1.807, 2.05) is 24.4 Å². The third kappa shape index (κ3) is 3.84. The first-order valence-corrected chi connectivity index (χ1v) is 9.77. The van der Waals surface area contributed by atoms with Gasteiger partial charge < -0.3 is 5.73 Å². The number of aromatic nitrogens is 1. The molecule has 7 heteroatoms. The molecule has 1 aliphatic rings. The Labute approximate surface area is 151 Å². The minimum absolute atomic E-state index is 0.104. The van der Waals surface area contributed by atoms with Gasteiger partial charge in [0.1, 0.15) is 0 Å². The highest BCUT2D eigenvalue weighted by molar-refractivity contribution is 9.11. The Hall–Kier alpha value is -1.18. The minimum atomic E-state index is -0.354. The van der Waals surface area contributed by atoms with Crippen LogP contribution in [0.4, 0.5) is 0 Å². The van der Waals surface area contributed by atoms with Crippen LogP contribution in [0.3, 0.4) is 0 Å². The van der Waals surface area contributed by atoms with Crippen LogP contribution < -0.4 is 5.73 Å². The number of carbonyl (C=O) groups excluding carboxylic acids is 1. The highest BCUT2D eigenvalue weighted by atomic mass is 79.9. The molecule has 0 spiro atoms.